The van der Waals surface area contributed by atoms with Gasteiger partial charge in [-0.3, -0.25) is 0 Å². The SMILES string of the molecule is CNCc1cc(F)cc(Sc2ncc[nH]2)c1. The molecule has 0 amide bonds. The molecule has 1 aromatic carbocycles. The summed E-state index contributed by atoms with van der Waals surface area (Å²) in [6, 6.07) is 4.99. The lowest BCUT2D eigenvalue weighted by Gasteiger charge is -2.04. The summed E-state index contributed by atoms with van der Waals surface area (Å²) < 4.78 is 13.3. The second-order valence-corrected chi connectivity index (χ2v) is 4.38. The number of halogens is 1. The van der Waals surface area contributed by atoms with Crippen molar-refractivity contribution < 1.29 is 4.39 Å². The lowest BCUT2D eigenvalue weighted by Crippen LogP contribution is -2.05. The minimum Gasteiger partial charge on any atom is -0.339 e. The Hall–Kier alpha value is -1.33. The Kier molecular flexibility index (Phi) is 3.58. The van der Waals surface area contributed by atoms with Gasteiger partial charge in [-0.15, -0.1) is 0 Å². The summed E-state index contributed by atoms with van der Waals surface area (Å²) in [7, 11) is 1.84. The van der Waals surface area contributed by atoms with E-state index in [0.717, 1.165) is 15.6 Å². The van der Waals surface area contributed by atoms with Crippen molar-refractivity contribution in [2.45, 2.75) is 16.6 Å². The Labute approximate surface area is 97.5 Å². The largest absolute Gasteiger partial charge is 0.339 e. The van der Waals surface area contributed by atoms with Crippen LogP contribution in [0.15, 0.2) is 40.6 Å². The van der Waals surface area contributed by atoms with Crippen LogP contribution >= 0.6 is 11.8 Å². The fourth-order valence-corrected chi connectivity index (χ4v) is 2.25. The summed E-state index contributed by atoms with van der Waals surface area (Å²) in [5.41, 5.74) is 0.927. The van der Waals surface area contributed by atoms with Gasteiger partial charge in [0.1, 0.15) is 5.82 Å². The van der Waals surface area contributed by atoms with E-state index in [1.165, 1.54) is 23.9 Å². The molecule has 0 fully saturated rings. The third kappa shape index (κ3) is 2.84. The van der Waals surface area contributed by atoms with Gasteiger partial charge in [0.15, 0.2) is 5.16 Å². The predicted octanol–water partition coefficient (Wildman–Crippen LogP) is 2.42. The summed E-state index contributed by atoms with van der Waals surface area (Å²) in [6.45, 7) is 0.656. The Bertz CT molecular complexity index is 456. The van der Waals surface area contributed by atoms with Gasteiger partial charge in [0, 0.05) is 23.8 Å². The molecule has 0 atom stereocenters. The molecule has 0 radical (unpaired) electrons. The summed E-state index contributed by atoms with van der Waals surface area (Å²) in [6.07, 6.45) is 3.42. The lowest BCUT2D eigenvalue weighted by atomic mass is 10.2. The van der Waals surface area contributed by atoms with Crippen molar-refractivity contribution in [1.29, 1.82) is 0 Å². The van der Waals surface area contributed by atoms with Crippen LogP contribution in [0.4, 0.5) is 4.39 Å². The van der Waals surface area contributed by atoms with E-state index in [1.54, 1.807) is 12.4 Å². The fraction of sp³-hybridized carbons (Fsp3) is 0.182. The number of hydrogen-bond acceptors (Lipinski definition) is 3. The molecule has 16 heavy (non-hydrogen) atoms. The number of nitrogens with one attached hydrogen (secondary N) is 2. The van der Waals surface area contributed by atoms with Gasteiger partial charge in [-0.05, 0) is 30.8 Å². The molecule has 2 rings (SSSR count). The highest BCUT2D eigenvalue weighted by atomic mass is 32.2. The van der Waals surface area contributed by atoms with E-state index in [9.17, 15) is 4.39 Å². The summed E-state index contributed by atoms with van der Waals surface area (Å²) in [5, 5.41) is 3.76. The third-order valence-electron chi connectivity index (χ3n) is 2.00. The van der Waals surface area contributed by atoms with E-state index < -0.39 is 0 Å². The number of aromatic amines is 1. The van der Waals surface area contributed by atoms with Crippen molar-refractivity contribution in [1.82, 2.24) is 15.3 Å². The van der Waals surface area contributed by atoms with Gasteiger partial charge in [-0.1, -0.05) is 11.8 Å². The number of H-pyrrole nitrogens is 1. The van der Waals surface area contributed by atoms with Crippen molar-refractivity contribution in [3.05, 3.63) is 42.0 Å². The van der Waals surface area contributed by atoms with Crippen LogP contribution in [0.5, 0.6) is 0 Å². The van der Waals surface area contributed by atoms with E-state index in [0.29, 0.717) is 6.54 Å². The number of rotatable bonds is 4. The molecule has 3 nitrogen and oxygen atoms in total. The maximum Gasteiger partial charge on any atom is 0.170 e. The van der Waals surface area contributed by atoms with Crippen LogP contribution in [-0.4, -0.2) is 17.0 Å². The molecule has 0 unspecified atom stereocenters. The molecule has 0 aliphatic rings. The fourth-order valence-electron chi connectivity index (χ4n) is 1.40. The monoisotopic (exact) mass is 237 g/mol. The first-order valence-electron chi connectivity index (χ1n) is 4.89. The van der Waals surface area contributed by atoms with Gasteiger partial charge in [0.2, 0.25) is 0 Å². The van der Waals surface area contributed by atoms with Crippen LogP contribution in [-0.2, 0) is 6.54 Å². The van der Waals surface area contributed by atoms with Gasteiger partial charge < -0.3 is 10.3 Å². The van der Waals surface area contributed by atoms with Crippen LogP contribution in [0.2, 0.25) is 0 Å². The molecule has 0 bridgehead atoms. The zero-order chi connectivity index (χ0) is 11.4. The van der Waals surface area contributed by atoms with Gasteiger partial charge in [0.25, 0.3) is 0 Å². The summed E-state index contributed by atoms with van der Waals surface area (Å²) in [5.74, 6) is -0.221. The molecule has 2 N–H and O–H groups in total. The second kappa shape index (κ2) is 5.14. The molecule has 84 valence electrons. The Morgan fingerprint density at radius 2 is 2.31 bits per heavy atom. The first-order chi connectivity index (χ1) is 7.78. The van der Waals surface area contributed by atoms with E-state index in [4.69, 9.17) is 0 Å². The normalized spacial score (nSPS) is 10.6. The topological polar surface area (TPSA) is 40.7 Å². The van der Waals surface area contributed by atoms with Crippen molar-refractivity contribution in [2.75, 3.05) is 7.05 Å². The van der Waals surface area contributed by atoms with Gasteiger partial charge in [0.05, 0.1) is 0 Å². The van der Waals surface area contributed by atoms with E-state index in [1.807, 2.05) is 13.1 Å². The number of benzene rings is 1. The Morgan fingerprint density at radius 1 is 1.44 bits per heavy atom. The molecule has 1 heterocycles. The molecular weight excluding hydrogens is 225 g/mol. The molecule has 5 heteroatoms. The van der Waals surface area contributed by atoms with E-state index in [-0.39, 0.29) is 5.82 Å². The molecule has 2 aromatic rings. The average Bonchev–Trinajstić information content (AvgIpc) is 2.70. The highest BCUT2D eigenvalue weighted by Crippen LogP contribution is 2.26. The second-order valence-electron chi connectivity index (χ2n) is 3.32. The smallest absolute Gasteiger partial charge is 0.170 e. The molecule has 0 saturated carbocycles. The first-order valence-corrected chi connectivity index (χ1v) is 5.71. The average molecular weight is 237 g/mol. The minimum atomic E-state index is -0.221. The Morgan fingerprint density at radius 3 is 3.00 bits per heavy atom. The maximum absolute atomic E-state index is 13.3. The summed E-state index contributed by atoms with van der Waals surface area (Å²) in [4.78, 5) is 7.90. The highest BCUT2D eigenvalue weighted by molar-refractivity contribution is 7.99. The number of hydrogen-bond donors (Lipinski definition) is 2. The van der Waals surface area contributed by atoms with E-state index in [2.05, 4.69) is 15.3 Å². The zero-order valence-corrected chi connectivity index (χ0v) is 9.64. The first kappa shape index (κ1) is 11.2. The maximum atomic E-state index is 13.3. The predicted molar refractivity (Wildman–Crippen MR) is 61.9 cm³/mol. The van der Waals surface area contributed by atoms with Crippen molar-refractivity contribution in [3.63, 3.8) is 0 Å². The van der Waals surface area contributed by atoms with Gasteiger partial charge in [-0.25, -0.2) is 9.37 Å². The number of imidazole rings is 1. The standard InChI is InChI=1S/C11H12FN3S/c1-13-7-8-4-9(12)6-10(5-8)16-11-14-2-3-15-11/h2-6,13H,7H2,1H3,(H,14,15). The van der Waals surface area contributed by atoms with Crippen molar-refractivity contribution >= 4 is 11.8 Å². The molecule has 0 aliphatic carbocycles. The molecule has 1 aromatic heterocycles. The van der Waals surface area contributed by atoms with Crippen molar-refractivity contribution in [2.24, 2.45) is 0 Å². The highest BCUT2D eigenvalue weighted by Gasteiger charge is 2.03. The van der Waals surface area contributed by atoms with Crippen LogP contribution in [0, 0.1) is 5.82 Å². The van der Waals surface area contributed by atoms with Crippen LogP contribution in [0.1, 0.15) is 5.56 Å². The molecular formula is C11H12FN3S. The van der Waals surface area contributed by atoms with Crippen LogP contribution in [0.25, 0.3) is 0 Å². The van der Waals surface area contributed by atoms with Gasteiger partial charge >= 0.3 is 0 Å². The van der Waals surface area contributed by atoms with Crippen LogP contribution < -0.4 is 5.32 Å². The van der Waals surface area contributed by atoms with Crippen molar-refractivity contribution in [3.8, 4) is 0 Å². The quantitative estimate of drug-likeness (QED) is 0.858. The third-order valence-corrected chi connectivity index (χ3v) is 2.89. The molecule has 0 aliphatic heterocycles. The van der Waals surface area contributed by atoms with Gasteiger partial charge in [-0.2, -0.15) is 0 Å². The molecule has 0 spiro atoms. The van der Waals surface area contributed by atoms with E-state index >= 15 is 0 Å². The Balaban J connectivity index is 2.20. The summed E-state index contributed by atoms with van der Waals surface area (Å²) >= 11 is 1.41. The van der Waals surface area contributed by atoms with Crippen LogP contribution in [0.3, 0.4) is 0 Å². The zero-order valence-electron chi connectivity index (χ0n) is 8.83. The number of nitrogens with zero attached hydrogens (tertiary/aromatic N) is 1. The minimum absolute atomic E-state index is 0.221. The molecule has 0 saturated heterocycles. The lowest BCUT2D eigenvalue weighted by molar-refractivity contribution is 0.619. The number of aromatic nitrogens is 2.